The van der Waals surface area contributed by atoms with Gasteiger partial charge in [-0.2, -0.15) is 0 Å². The molecule has 0 aliphatic heterocycles. The topological polar surface area (TPSA) is 70.6 Å². The first kappa shape index (κ1) is 16.0. The SMILES string of the molecule is CN=C(NCCCS(C)(=O)=O)NCc1sccc1C. The third-order valence-electron chi connectivity index (χ3n) is 2.59. The Bertz CT molecular complexity index is 521. The van der Waals surface area contributed by atoms with Gasteiger partial charge in [0.05, 0.1) is 12.3 Å². The van der Waals surface area contributed by atoms with Gasteiger partial charge in [-0.15, -0.1) is 11.3 Å². The van der Waals surface area contributed by atoms with Crippen molar-refractivity contribution in [2.24, 2.45) is 4.99 Å². The van der Waals surface area contributed by atoms with Gasteiger partial charge in [0.25, 0.3) is 0 Å². The molecular weight excluding hydrogens is 282 g/mol. The maximum atomic E-state index is 11.0. The van der Waals surface area contributed by atoms with Crippen molar-refractivity contribution in [3.8, 4) is 0 Å². The molecule has 0 aliphatic rings. The molecule has 0 amide bonds. The molecule has 0 saturated heterocycles. The van der Waals surface area contributed by atoms with Crippen molar-refractivity contribution in [2.75, 3.05) is 25.6 Å². The molecule has 0 unspecified atom stereocenters. The van der Waals surface area contributed by atoms with Gasteiger partial charge in [0.15, 0.2) is 5.96 Å². The highest BCUT2D eigenvalue weighted by atomic mass is 32.2. The number of sulfone groups is 1. The molecule has 1 aromatic rings. The van der Waals surface area contributed by atoms with E-state index in [4.69, 9.17) is 0 Å². The summed E-state index contributed by atoms with van der Waals surface area (Å²) in [5.74, 6) is 0.891. The summed E-state index contributed by atoms with van der Waals surface area (Å²) < 4.78 is 22.0. The Balaban J connectivity index is 2.29. The summed E-state index contributed by atoms with van der Waals surface area (Å²) >= 11 is 1.71. The number of guanidine groups is 1. The third kappa shape index (κ3) is 6.58. The van der Waals surface area contributed by atoms with Crippen molar-refractivity contribution in [1.82, 2.24) is 10.6 Å². The summed E-state index contributed by atoms with van der Waals surface area (Å²) in [7, 11) is -1.18. The minimum absolute atomic E-state index is 0.195. The van der Waals surface area contributed by atoms with Crippen molar-refractivity contribution in [3.63, 3.8) is 0 Å². The standard InChI is InChI=1S/C12H21N3O2S2/c1-10-5-7-18-11(10)9-15-12(13-2)14-6-4-8-19(3,16)17/h5,7H,4,6,8-9H2,1-3H3,(H2,13,14,15). The number of hydrogen-bond acceptors (Lipinski definition) is 4. The van der Waals surface area contributed by atoms with Crippen LogP contribution in [-0.4, -0.2) is 40.0 Å². The first-order valence-corrected chi connectivity index (χ1v) is 9.01. The molecule has 0 atom stereocenters. The van der Waals surface area contributed by atoms with Gasteiger partial charge in [-0.1, -0.05) is 0 Å². The molecule has 0 spiro atoms. The monoisotopic (exact) mass is 303 g/mol. The Morgan fingerprint density at radius 3 is 2.68 bits per heavy atom. The van der Waals surface area contributed by atoms with Gasteiger partial charge >= 0.3 is 0 Å². The summed E-state index contributed by atoms with van der Waals surface area (Å²) in [6, 6.07) is 2.09. The second-order valence-electron chi connectivity index (χ2n) is 4.36. The van der Waals surface area contributed by atoms with Crippen LogP contribution in [0.5, 0.6) is 0 Å². The normalized spacial score (nSPS) is 12.5. The zero-order chi connectivity index (χ0) is 14.3. The molecule has 7 heteroatoms. The quantitative estimate of drug-likeness (QED) is 0.470. The van der Waals surface area contributed by atoms with E-state index in [2.05, 4.69) is 34.0 Å². The van der Waals surface area contributed by atoms with Crippen LogP contribution in [0.3, 0.4) is 0 Å². The fraction of sp³-hybridized carbons (Fsp3) is 0.583. The van der Waals surface area contributed by atoms with Gasteiger partial charge in [0.1, 0.15) is 9.84 Å². The fourth-order valence-corrected chi connectivity index (χ4v) is 3.03. The molecule has 0 saturated carbocycles. The molecule has 0 bridgehead atoms. The molecular formula is C12H21N3O2S2. The molecule has 19 heavy (non-hydrogen) atoms. The van der Waals surface area contributed by atoms with Crippen molar-refractivity contribution >= 4 is 27.1 Å². The maximum Gasteiger partial charge on any atom is 0.191 e. The Hall–Kier alpha value is -1.08. The van der Waals surface area contributed by atoms with Crippen LogP contribution >= 0.6 is 11.3 Å². The third-order valence-corrected chi connectivity index (χ3v) is 4.65. The van der Waals surface area contributed by atoms with Gasteiger partial charge in [-0.3, -0.25) is 4.99 Å². The number of rotatable bonds is 6. The summed E-state index contributed by atoms with van der Waals surface area (Å²) in [4.78, 5) is 5.38. The van der Waals surface area contributed by atoms with Gasteiger partial charge in [-0.05, 0) is 30.4 Å². The van der Waals surface area contributed by atoms with Crippen molar-refractivity contribution in [3.05, 3.63) is 21.9 Å². The maximum absolute atomic E-state index is 11.0. The lowest BCUT2D eigenvalue weighted by molar-refractivity contribution is 0.598. The average molecular weight is 303 g/mol. The van der Waals surface area contributed by atoms with Gasteiger partial charge in [0, 0.05) is 24.7 Å². The van der Waals surface area contributed by atoms with Crippen LogP contribution in [0.25, 0.3) is 0 Å². The zero-order valence-electron chi connectivity index (χ0n) is 11.6. The molecule has 0 aromatic carbocycles. The predicted molar refractivity (Wildman–Crippen MR) is 81.6 cm³/mol. The van der Waals surface area contributed by atoms with Gasteiger partial charge in [-0.25, -0.2) is 8.42 Å². The molecule has 108 valence electrons. The van der Waals surface area contributed by atoms with Crippen LogP contribution in [0.1, 0.15) is 16.9 Å². The van der Waals surface area contributed by atoms with E-state index in [-0.39, 0.29) is 5.75 Å². The molecule has 2 N–H and O–H groups in total. The van der Waals surface area contributed by atoms with Crippen LogP contribution in [0.2, 0.25) is 0 Å². The van der Waals surface area contributed by atoms with E-state index in [1.54, 1.807) is 18.4 Å². The molecule has 1 heterocycles. The van der Waals surface area contributed by atoms with Crippen molar-refractivity contribution < 1.29 is 8.42 Å². The lowest BCUT2D eigenvalue weighted by Gasteiger charge is -2.11. The van der Waals surface area contributed by atoms with Crippen LogP contribution in [-0.2, 0) is 16.4 Å². The largest absolute Gasteiger partial charge is 0.356 e. The minimum atomic E-state index is -2.88. The number of hydrogen-bond donors (Lipinski definition) is 2. The highest BCUT2D eigenvalue weighted by Crippen LogP contribution is 2.14. The second-order valence-corrected chi connectivity index (χ2v) is 7.62. The molecule has 0 aliphatic carbocycles. The number of thiophene rings is 1. The smallest absolute Gasteiger partial charge is 0.191 e. The molecule has 5 nitrogen and oxygen atoms in total. The highest BCUT2D eigenvalue weighted by Gasteiger charge is 2.04. The molecule has 1 aromatic heterocycles. The van der Waals surface area contributed by atoms with Gasteiger partial charge < -0.3 is 10.6 Å². The number of nitrogens with zero attached hydrogens (tertiary/aromatic N) is 1. The average Bonchev–Trinajstić information content (AvgIpc) is 2.73. The Labute approximate surface area is 119 Å². The van der Waals surface area contributed by atoms with Crippen LogP contribution in [0.4, 0.5) is 0 Å². The second kappa shape index (κ2) is 7.49. The summed E-state index contributed by atoms with van der Waals surface area (Å²) in [6.07, 6.45) is 1.83. The van der Waals surface area contributed by atoms with E-state index >= 15 is 0 Å². The Morgan fingerprint density at radius 2 is 2.16 bits per heavy atom. The highest BCUT2D eigenvalue weighted by molar-refractivity contribution is 7.90. The lowest BCUT2D eigenvalue weighted by atomic mass is 10.3. The first-order chi connectivity index (χ1) is 8.92. The lowest BCUT2D eigenvalue weighted by Crippen LogP contribution is -2.37. The van der Waals surface area contributed by atoms with Crippen molar-refractivity contribution in [1.29, 1.82) is 0 Å². The first-order valence-electron chi connectivity index (χ1n) is 6.07. The summed E-state index contributed by atoms with van der Waals surface area (Å²) in [5, 5.41) is 8.38. The molecule has 1 rings (SSSR count). The molecule has 0 radical (unpaired) electrons. The van der Waals surface area contributed by atoms with E-state index < -0.39 is 9.84 Å². The van der Waals surface area contributed by atoms with Crippen LogP contribution in [0, 0.1) is 6.92 Å². The van der Waals surface area contributed by atoms with E-state index in [0.29, 0.717) is 18.9 Å². The van der Waals surface area contributed by atoms with E-state index in [9.17, 15) is 8.42 Å². The van der Waals surface area contributed by atoms with Crippen LogP contribution in [0.15, 0.2) is 16.4 Å². The Kier molecular flexibility index (Phi) is 6.30. The van der Waals surface area contributed by atoms with Gasteiger partial charge in [0.2, 0.25) is 0 Å². The van der Waals surface area contributed by atoms with E-state index in [1.165, 1.54) is 16.7 Å². The predicted octanol–water partition coefficient (Wildman–Crippen LogP) is 1.16. The fourth-order valence-electron chi connectivity index (χ4n) is 1.51. The summed E-state index contributed by atoms with van der Waals surface area (Å²) in [5.41, 5.74) is 1.27. The zero-order valence-corrected chi connectivity index (χ0v) is 13.2. The number of nitrogens with one attached hydrogen (secondary N) is 2. The molecule has 0 fully saturated rings. The van der Waals surface area contributed by atoms with Crippen molar-refractivity contribution in [2.45, 2.75) is 19.9 Å². The van der Waals surface area contributed by atoms with E-state index in [0.717, 1.165) is 6.54 Å². The minimum Gasteiger partial charge on any atom is -0.356 e. The summed E-state index contributed by atoms with van der Waals surface area (Å²) in [6.45, 7) is 3.40. The van der Waals surface area contributed by atoms with E-state index in [1.807, 2.05) is 0 Å². The number of aliphatic imine (C=N–C) groups is 1. The number of aryl methyl sites for hydroxylation is 1. The van der Waals surface area contributed by atoms with Crippen LogP contribution < -0.4 is 10.6 Å². The Morgan fingerprint density at radius 1 is 1.42 bits per heavy atom.